The number of carboxylic acid groups (broad SMARTS) is 1. The van der Waals surface area contributed by atoms with Crippen LogP contribution in [0.4, 0.5) is 0 Å². The summed E-state index contributed by atoms with van der Waals surface area (Å²) >= 11 is 0. The molecule has 0 aliphatic carbocycles. The number of benzene rings is 2. The number of nitrogens with zero attached hydrogens (tertiary/aromatic N) is 3. The molecule has 0 unspecified atom stereocenters. The number of aromatic carboxylic acids is 1. The van der Waals surface area contributed by atoms with E-state index in [1.165, 1.54) is 12.1 Å². The van der Waals surface area contributed by atoms with Gasteiger partial charge in [-0.3, -0.25) is 9.13 Å². The third kappa shape index (κ3) is 3.17. The summed E-state index contributed by atoms with van der Waals surface area (Å²) in [5.41, 5.74) is 3.05. The van der Waals surface area contributed by atoms with Crippen LogP contribution in [-0.4, -0.2) is 43.4 Å². The van der Waals surface area contributed by atoms with E-state index in [9.17, 15) is 14.7 Å². The third-order valence-corrected chi connectivity index (χ3v) is 5.71. The molecular weight excluding hydrogens is 396 g/mol. The highest BCUT2D eigenvalue weighted by molar-refractivity contribution is 5.88. The number of aromatic hydroxyl groups is 1. The van der Waals surface area contributed by atoms with Crippen molar-refractivity contribution in [2.45, 2.75) is 12.5 Å². The second kappa shape index (κ2) is 7.41. The van der Waals surface area contributed by atoms with Crippen molar-refractivity contribution in [3.63, 3.8) is 0 Å². The fourth-order valence-corrected chi connectivity index (χ4v) is 4.18. The van der Waals surface area contributed by atoms with E-state index in [1.54, 1.807) is 51.7 Å². The maximum atomic E-state index is 13.4. The SMILES string of the molecule is O=C(O)c1ccc(-c2ccc(-n3c(=O)n([C@H]4CCNC4)c4ncccc43)cc2O)cc1. The smallest absolute Gasteiger partial charge is 0.335 e. The van der Waals surface area contributed by atoms with Gasteiger partial charge in [0.1, 0.15) is 5.75 Å². The highest BCUT2D eigenvalue weighted by Gasteiger charge is 2.24. The summed E-state index contributed by atoms with van der Waals surface area (Å²) in [6.07, 6.45) is 2.53. The summed E-state index contributed by atoms with van der Waals surface area (Å²) in [4.78, 5) is 28.9. The van der Waals surface area contributed by atoms with Crippen molar-refractivity contribution in [3.8, 4) is 22.6 Å². The van der Waals surface area contributed by atoms with Gasteiger partial charge >= 0.3 is 11.7 Å². The van der Waals surface area contributed by atoms with Crippen molar-refractivity contribution >= 4 is 17.1 Å². The van der Waals surface area contributed by atoms with Crippen LogP contribution in [-0.2, 0) is 0 Å². The summed E-state index contributed by atoms with van der Waals surface area (Å²) in [6.45, 7) is 1.57. The van der Waals surface area contributed by atoms with Crippen LogP contribution in [0.2, 0.25) is 0 Å². The number of nitrogens with one attached hydrogen (secondary N) is 1. The number of imidazole rings is 1. The molecule has 1 saturated heterocycles. The maximum absolute atomic E-state index is 13.4. The number of pyridine rings is 1. The lowest BCUT2D eigenvalue weighted by Crippen LogP contribution is -2.28. The Morgan fingerprint density at radius 1 is 1.13 bits per heavy atom. The predicted octanol–water partition coefficient (Wildman–Crippen LogP) is 2.79. The van der Waals surface area contributed by atoms with Crippen LogP contribution in [0, 0.1) is 0 Å². The monoisotopic (exact) mass is 416 g/mol. The highest BCUT2D eigenvalue weighted by Crippen LogP contribution is 2.32. The number of aromatic nitrogens is 3. The molecule has 2 aromatic carbocycles. The molecule has 0 amide bonds. The quantitative estimate of drug-likeness (QED) is 0.472. The summed E-state index contributed by atoms with van der Waals surface area (Å²) < 4.78 is 3.29. The first-order valence-electron chi connectivity index (χ1n) is 10.0. The lowest BCUT2D eigenvalue weighted by atomic mass is 10.0. The van der Waals surface area contributed by atoms with Gasteiger partial charge in [-0.1, -0.05) is 12.1 Å². The minimum absolute atomic E-state index is 0.000187. The standard InChI is InChI=1S/C23H20N4O4/c28-20-12-16(7-8-18(20)14-3-5-15(6-4-14)22(29)30)26-19-2-1-10-25-21(19)27(23(26)31)17-9-11-24-13-17/h1-8,10,12,17,24,28H,9,11,13H2,(H,29,30)/t17-/m0/s1. The molecule has 1 aliphatic heterocycles. The van der Waals surface area contributed by atoms with Gasteiger partial charge in [0.25, 0.3) is 0 Å². The van der Waals surface area contributed by atoms with Gasteiger partial charge in [-0.2, -0.15) is 0 Å². The van der Waals surface area contributed by atoms with Gasteiger partial charge < -0.3 is 15.5 Å². The van der Waals surface area contributed by atoms with Crippen molar-refractivity contribution in [2.24, 2.45) is 0 Å². The zero-order valence-corrected chi connectivity index (χ0v) is 16.5. The lowest BCUT2D eigenvalue weighted by Gasteiger charge is -2.10. The van der Waals surface area contributed by atoms with Crippen LogP contribution in [0.1, 0.15) is 22.8 Å². The van der Waals surface area contributed by atoms with E-state index in [1.807, 2.05) is 6.07 Å². The number of carbonyl (C=O) groups is 1. The van der Waals surface area contributed by atoms with E-state index < -0.39 is 5.97 Å². The molecule has 156 valence electrons. The van der Waals surface area contributed by atoms with Crippen molar-refractivity contribution in [1.82, 2.24) is 19.4 Å². The number of phenolic OH excluding ortho intramolecular Hbond substituents is 1. The van der Waals surface area contributed by atoms with Crippen LogP contribution in [0.25, 0.3) is 28.0 Å². The Morgan fingerprint density at radius 2 is 1.94 bits per heavy atom. The van der Waals surface area contributed by atoms with Gasteiger partial charge in [0.2, 0.25) is 0 Å². The van der Waals surface area contributed by atoms with Crippen molar-refractivity contribution in [1.29, 1.82) is 0 Å². The van der Waals surface area contributed by atoms with E-state index >= 15 is 0 Å². The van der Waals surface area contributed by atoms with Crippen LogP contribution >= 0.6 is 0 Å². The molecule has 1 fully saturated rings. The fourth-order valence-electron chi connectivity index (χ4n) is 4.18. The molecule has 5 rings (SSSR count). The van der Waals surface area contributed by atoms with E-state index in [-0.39, 0.29) is 23.0 Å². The number of phenols is 1. The number of fused-ring (bicyclic) bond motifs is 1. The Bertz CT molecular complexity index is 1350. The molecule has 0 radical (unpaired) electrons. The minimum Gasteiger partial charge on any atom is -0.507 e. The Hall–Kier alpha value is -3.91. The van der Waals surface area contributed by atoms with E-state index in [0.717, 1.165) is 13.0 Å². The Balaban J connectivity index is 1.61. The second-order valence-corrected chi connectivity index (χ2v) is 7.56. The molecule has 8 heteroatoms. The third-order valence-electron chi connectivity index (χ3n) is 5.71. The Labute approximate surface area is 177 Å². The molecule has 3 N–H and O–H groups in total. The summed E-state index contributed by atoms with van der Waals surface area (Å²) in [5.74, 6) is -1.01. The first-order chi connectivity index (χ1) is 15.0. The molecule has 0 bridgehead atoms. The van der Waals surface area contributed by atoms with Crippen LogP contribution in [0.3, 0.4) is 0 Å². The average Bonchev–Trinajstić information content (AvgIpc) is 3.39. The first kappa shape index (κ1) is 19.1. The minimum atomic E-state index is -1.01. The van der Waals surface area contributed by atoms with Gasteiger partial charge in [-0.05, 0) is 54.9 Å². The van der Waals surface area contributed by atoms with Gasteiger partial charge in [0.05, 0.1) is 22.8 Å². The Morgan fingerprint density at radius 3 is 2.61 bits per heavy atom. The zero-order valence-electron chi connectivity index (χ0n) is 16.5. The van der Waals surface area contributed by atoms with Gasteiger partial charge in [0.15, 0.2) is 5.65 Å². The summed E-state index contributed by atoms with van der Waals surface area (Å²) in [7, 11) is 0. The average molecular weight is 416 g/mol. The van der Waals surface area contributed by atoms with E-state index in [0.29, 0.717) is 34.5 Å². The number of hydrogen-bond acceptors (Lipinski definition) is 5. The van der Waals surface area contributed by atoms with Crippen LogP contribution in [0.5, 0.6) is 5.75 Å². The maximum Gasteiger partial charge on any atom is 0.335 e. The van der Waals surface area contributed by atoms with E-state index in [2.05, 4.69) is 10.3 Å². The van der Waals surface area contributed by atoms with Crippen molar-refractivity contribution < 1.29 is 15.0 Å². The molecule has 0 saturated carbocycles. The van der Waals surface area contributed by atoms with Crippen molar-refractivity contribution in [3.05, 3.63) is 76.8 Å². The number of hydrogen-bond donors (Lipinski definition) is 3. The number of carboxylic acids is 1. The molecular formula is C23H20N4O4. The van der Waals surface area contributed by atoms with Crippen LogP contribution in [0.15, 0.2) is 65.6 Å². The molecule has 1 aliphatic rings. The van der Waals surface area contributed by atoms with Gasteiger partial charge in [-0.15, -0.1) is 0 Å². The van der Waals surface area contributed by atoms with Crippen molar-refractivity contribution in [2.75, 3.05) is 13.1 Å². The van der Waals surface area contributed by atoms with Gasteiger partial charge in [-0.25, -0.2) is 14.6 Å². The molecule has 0 spiro atoms. The molecule has 2 aromatic heterocycles. The predicted molar refractivity (Wildman–Crippen MR) is 116 cm³/mol. The summed E-state index contributed by atoms with van der Waals surface area (Å²) in [5, 5.41) is 23.0. The molecule has 4 aromatic rings. The fraction of sp³-hybridized carbons (Fsp3) is 0.174. The second-order valence-electron chi connectivity index (χ2n) is 7.56. The molecule has 31 heavy (non-hydrogen) atoms. The largest absolute Gasteiger partial charge is 0.507 e. The Kier molecular flexibility index (Phi) is 4.56. The lowest BCUT2D eigenvalue weighted by molar-refractivity contribution is 0.0697. The van der Waals surface area contributed by atoms with Crippen LogP contribution < -0.4 is 11.0 Å². The number of rotatable bonds is 4. The first-order valence-corrected chi connectivity index (χ1v) is 10.0. The zero-order chi connectivity index (χ0) is 21.5. The topological polar surface area (TPSA) is 109 Å². The molecule has 1 atom stereocenters. The molecule has 3 heterocycles. The molecule has 8 nitrogen and oxygen atoms in total. The normalized spacial score (nSPS) is 16.1. The van der Waals surface area contributed by atoms with Gasteiger partial charge in [0, 0.05) is 24.4 Å². The van der Waals surface area contributed by atoms with E-state index in [4.69, 9.17) is 5.11 Å². The highest BCUT2D eigenvalue weighted by atomic mass is 16.4. The summed E-state index contributed by atoms with van der Waals surface area (Å²) in [6, 6.07) is 15.0.